The van der Waals surface area contributed by atoms with Crippen molar-refractivity contribution in [1.29, 1.82) is 0 Å². The highest BCUT2D eigenvalue weighted by Crippen LogP contribution is 2.33. The fourth-order valence-corrected chi connectivity index (χ4v) is 4.39. The highest BCUT2D eigenvalue weighted by atomic mass is 32.2. The molecule has 1 aliphatic rings. The lowest BCUT2D eigenvalue weighted by atomic mass is 10.1. The number of halogens is 3. The molecule has 1 aliphatic heterocycles. The number of sulfonamides is 1. The predicted octanol–water partition coefficient (Wildman–Crippen LogP) is 4.04. The van der Waals surface area contributed by atoms with E-state index in [2.05, 4.69) is 14.8 Å². The van der Waals surface area contributed by atoms with E-state index >= 15 is 0 Å². The maximum absolute atomic E-state index is 12.9. The van der Waals surface area contributed by atoms with Crippen molar-refractivity contribution in [3.05, 3.63) is 77.9 Å². The number of para-hydroxylation sites is 2. The van der Waals surface area contributed by atoms with Crippen LogP contribution in [0, 0.1) is 0 Å². The van der Waals surface area contributed by atoms with Crippen molar-refractivity contribution >= 4 is 21.6 Å². The molecule has 8 nitrogen and oxygen atoms in total. The van der Waals surface area contributed by atoms with E-state index < -0.39 is 32.9 Å². The number of alkyl halides is 3. The summed E-state index contributed by atoms with van der Waals surface area (Å²) in [6.45, 7) is 0.217. The van der Waals surface area contributed by atoms with Gasteiger partial charge >= 0.3 is 6.36 Å². The fourth-order valence-electron chi connectivity index (χ4n) is 3.18. The van der Waals surface area contributed by atoms with Gasteiger partial charge in [-0.25, -0.2) is 8.42 Å². The second kappa shape index (κ2) is 9.14. The van der Waals surface area contributed by atoms with E-state index in [0.29, 0.717) is 17.1 Å². The van der Waals surface area contributed by atoms with Gasteiger partial charge in [0.15, 0.2) is 11.5 Å². The van der Waals surface area contributed by atoms with Crippen LogP contribution in [0.15, 0.2) is 71.6 Å². The van der Waals surface area contributed by atoms with Crippen molar-refractivity contribution in [2.24, 2.45) is 0 Å². The summed E-state index contributed by atoms with van der Waals surface area (Å²) in [6, 6.07) is 15.1. The lowest BCUT2D eigenvalue weighted by Crippen LogP contribution is -2.25. The minimum atomic E-state index is -5.09. The van der Waals surface area contributed by atoms with Gasteiger partial charge in [0.1, 0.15) is 10.6 Å². The number of fused-ring (bicyclic) bond motifs is 1. The molecule has 1 amide bonds. The molecule has 0 saturated carbocycles. The van der Waals surface area contributed by atoms with Crippen LogP contribution in [0.25, 0.3) is 0 Å². The smallest absolute Gasteiger partial charge is 0.454 e. The molecular formula is C22H17F3N2O6S. The zero-order chi connectivity index (χ0) is 24.3. The van der Waals surface area contributed by atoms with Gasteiger partial charge in [-0.2, -0.15) is 0 Å². The number of nitrogens with one attached hydrogen (secondary N) is 2. The van der Waals surface area contributed by atoms with Crippen LogP contribution in [-0.4, -0.2) is 27.5 Å². The number of carbonyl (C=O) groups is 1. The molecule has 1 heterocycles. The fraction of sp³-hybridized carbons (Fsp3) is 0.136. The number of anilines is 1. The van der Waals surface area contributed by atoms with Crippen molar-refractivity contribution in [2.45, 2.75) is 17.8 Å². The third-order valence-corrected chi connectivity index (χ3v) is 6.08. The van der Waals surface area contributed by atoms with Gasteiger partial charge in [0.2, 0.25) is 6.79 Å². The second-order valence-electron chi connectivity index (χ2n) is 7.02. The normalized spacial score (nSPS) is 12.8. The third-order valence-electron chi connectivity index (χ3n) is 4.67. The Kier molecular flexibility index (Phi) is 6.24. The molecule has 34 heavy (non-hydrogen) atoms. The number of carbonyl (C=O) groups excluding carboxylic acids is 1. The van der Waals surface area contributed by atoms with Crippen molar-refractivity contribution in [2.75, 3.05) is 11.5 Å². The van der Waals surface area contributed by atoms with Crippen molar-refractivity contribution in [3.63, 3.8) is 0 Å². The number of benzene rings is 3. The number of amides is 1. The number of hydrogen-bond donors (Lipinski definition) is 2. The Labute approximate surface area is 192 Å². The van der Waals surface area contributed by atoms with Crippen LogP contribution in [0.5, 0.6) is 17.2 Å². The predicted molar refractivity (Wildman–Crippen MR) is 114 cm³/mol. The topological polar surface area (TPSA) is 103 Å². The quantitative estimate of drug-likeness (QED) is 0.514. The van der Waals surface area contributed by atoms with Crippen LogP contribution in [0.2, 0.25) is 0 Å². The summed E-state index contributed by atoms with van der Waals surface area (Å²) in [7, 11) is -4.53. The molecule has 0 aliphatic carbocycles. The molecule has 0 spiro atoms. The average molecular weight is 494 g/mol. The maximum atomic E-state index is 12.9. The average Bonchev–Trinajstić information content (AvgIpc) is 3.25. The van der Waals surface area contributed by atoms with Gasteiger partial charge in [-0.1, -0.05) is 30.3 Å². The first-order valence-electron chi connectivity index (χ1n) is 9.76. The monoisotopic (exact) mass is 494 g/mol. The van der Waals surface area contributed by atoms with Crippen LogP contribution in [-0.2, 0) is 16.6 Å². The van der Waals surface area contributed by atoms with E-state index in [4.69, 9.17) is 9.47 Å². The molecule has 2 N–H and O–H groups in total. The lowest BCUT2D eigenvalue weighted by molar-refractivity contribution is -0.275. The van der Waals surface area contributed by atoms with Crippen molar-refractivity contribution < 1.29 is 40.6 Å². The molecular weight excluding hydrogens is 477 g/mol. The number of hydrogen-bond acceptors (Lipinski definition) is 6. The molecule has 3 aromatic carbocycles. The van der Waals surface area contributed by atoms with E-state index in [-0.39, 0.29) is 24.6 Å². The van der Waals surface area contributed by atoms with E-state index in [1.165, 1.54) is 36.4 Å². The van der Waals surface area contributed by atoms with E-state index in [9.17, 15) is 26.4 Å². The van der Waals surface area contributed by atoms with Gasteiger partial charge < -0.3 is 19.5 Å². The second-order valence-corrected chi connectivity index (χ2v) is 8.67. The molecule has 0 fully saturated rings. The number of rotatable bonds is 7. The summed E-state index contributed by atoms with van der Waals surface area (Å²) in [5, 5.41) is 2.67. The maximum Gasteiger partial charge on any atom is 0.573 e. The number of ether oxygens (including phenoxy) is 3. The van der Waals surface area contributed by atoms with Crippen molar-refractivity contribution in [3.8, 4) is 17.2 Å². The van der Waals surface area contributed by atoms with Crippen LogP contribution >= 0.6 is 0 Å². The van der Waals surface area contributed by atoms with Crippen LogP contribution < -0.4 is 24.2 Å². The summed E-state index contributed by atoms with van der Waals surface area (Å²) >= 11 is 0. The summed E-state index contributed by atoms with van der Waals surface area (Å²) < 4.78 is 80.3. The highest BCUT2D eigenvalue weighted by molar-refractivity contribution is 7.92. The minimum absolute atomic E-state index is 0.0268. The molecule has 0 unspecified atom stereocenters. The van der Waals surface area contributed by atoms with Gasteiger partial charge in [-0.3, -0.25) is 9.52 Å². The Bertz CT molecular complexity index is 1330. The third kappa shape index (κ3) is 5.34. The summed E-state index contributed by atoms with van der Waals surface area (Å²) in [5.41, 5.74) is 0.572. The zero-order valence-corrected chi connectivity index (χ0v) is 18.1. The molecule has 178 valence electrons. The molecule has 0 atom stereocenters. The van der Waals surface area contributed by atoms with Crippen LogP contribution in [0.1, 0.15) is 15.9 Å². The van der Waals surface area contributed by atoms with Gasteiger partial charge in [0.25, 0.3) is 15.9 Å². The summed E-state index contributed by atoms with van der Waals surface area (Å²) in [6.07, 6.45) is -5.09. The van der Waals surface area contributed by atoms with Gasteiger partial charge in [-0.15, -0.1) is 13.2 Å². The highest BCUT2D eigenvalue weighted by Gasteiger charge is 2.34. The lowest BCUT2D eigenvalue weighted by Gasteiger charge is -2.16. The molecule has 0 radical (unpaired) electrons. The SMILES string of the molecule is O=C(NCc1ccc2c(c1)OCO2)c1ccccc1NS(=O)(=O)c1ccccc1OC(F)(F)F. The molecule has 4 rings (SSSR count). The molecule has 0 saturated heterocycles. The van der Waals surface area contributed by atoms with Crippen molar-refractivity contribution in [1.82, 2.24) is 5.32 Å². The molecule has 0 aromatic heterocycles. The Morgan fingerprint density at radius 2 is 1.68 bits per heavy atom. The van der Waals surface area contributed by atoms with Gasteiger partial charge in [-0.05, 0) is 42.0 Å². The van der Waals surface area contributed by atoms with E-state index in [1.54, 1.807) is 18.2 Å². The Morgan fingerprint density at radius 3 is 2.47 bits per heavy atom. The first kappa shape index (κ1) is 23.2. The van der Waals surface area contributed by atoms with E-state index in [1.807, 2.05) is 0 Å². The largest absolute Gasteiger partial charge is 0.573 e. The van der Waals surface area contributed by atoms with Crippen LogP contribution in [0.3, 0.4) is 0 Å². The first-order valence-corrected chi connectivity index (χ1v) is 11.2. The molecule has 3 aromatic rings. The molecule has 12 heteroatoms. The Hall–Kier alpha value is -3.93. The Balaban J connectivity index is 1.53. The van der Waals surface area contributed by atoms with E-state index in [0.717, 1.165) is 12.1 Å². The standard InChI is InChI=1S/C22H17F3N2O6S/c23-22(24,25)33-18-7-3-4-8-20(18)34(29,30)27-16-6-2-1-5-15(16)21(28)26-12-14-9-10-17-19(11-14)32-13-31-17/h1-11,27H,12-13H2,(H,26,28). The first-order chi connectivity index (χ1) is 16.1. The zero-order valence-electron chi connectivity index (χ0n) is 17.3. The van der Waals surface area contributed by atoms with Crippen LogP contribution in [0.4, 0.5) is 18.9 Å². The minimum Gasteiger partial charge on any atom is -0.454 e. The molecule has 0 bridgehead atoms. The summed E-state index contributed by atoms with van der Waals surface area (Å²) in [5.74, 6) is -0.368. The van der Waals surface area contributed by atoms with Gasteiger partial charge in [0, 0.05) is 6.54 Å². The summed E-state index contributed by atoms with van der Waals surface area (Å²) in [4.78, 5) is 12.0. The Morgan fingerprint density at radius 1 is 0.971 bits per heavy atom. The van der Waals surface area contributed by atoms with Gasteiger partial charge in [0.05, 0.1) is 11.3 Å².